The molecular weight excluding hydrogens is 232 g/mol. The Kier molecular flexibility index (Phi) is 2.63. The zero-order chi connectivity index (χ0) is 9.35. The van der Waals surface area contributed by atoms with Crippen molar-refractivity contribution in [3.8, 4) is 5.75 Å². The lowest BCUT2D eigenvalue weighted by Gasteiger charge is -2.18. The molecule has 0 spiro atoms. The van der Waals surface area contributed by atoms with Gasteiger partial charge in [0.05, 0.1) is 8.07 Å². The van der Waals surface area contributed by atoms with Crippen LogP contribution in [-0.4, -0.2) is 13.2 Å². The number of aromatic hydroxyl groups is 1. The molecule has 0 saturated heterocycles. The fraction of sp³-hybridized carbons (Fsp3) is 0.333. The summed E-state index contributed by atoms with van der Waals surface area (Å²) in [5.41, 5.74) is 0. The number of hydrogen-bond acceptors (Lipinski definition) is 1. The number of hydrogen-bond donors (Lipinski definition) is 1. The first-order valence-electron chi connectivity index (χ1n) is 3.90. The Labute approximate surface area is 82.6 Å². The molecule has 0 aliphatic heterocycles. The Bertz CT molecular complexity index is 291. The summed E-state index contributed by atoms with van der Waals surface area (Å²) < 4.78 is 1.04. The smallest absolute Gasteiger partial charge is 0.114 e. The van der Waals surface area contributed by atoms with Gasteiger partial charge in [-0.05, 0) is 23.4 Å². The van der Waals surface area contributed by atoms with E-state index in [-0.39, 0.29) is 0 Å². The molecule has 66 valence electrons. The maximum absolute atomic E-state index is 9.58. The molecule has 12 heavy (non-hydrogen) atoms. The Morgan fingerprint density at radius 3 is 2.25 bits per heavy atom. The zero-order valence-corrected chi connectivity index (χ0v) is 10.1. The van der Waals surface area contributed by atoms with E-state index in [2.05, 4.69) is 35.6 Å². The maximum atomic E-state index is 9.58. The minimum absolute atomic E-state index is 0.428. The van der Waals surface area contributed by atoms with Crippen molar-refractivity contribution >= 4 is 29.2 Å². The SMILES string of the molecule is C[Si](C)(C)c1cc(Br)ccc1O. The van der Waals surface area contributed by atoms with Crippen LogP contribution in [0, 0.1) is 0 Å². The molecule has 0 saturated carbocycles. The first-order valence-corrected chi connectivity index (χ1v) is 8.19. The van der Waals surface area contributed by atoms with Crippen molar-refractivity contribution in [2.45, 2.75) is 19.6 Å². The molecular formula is C9H13BrOSi. The van der Waals surface area contributed by atoms with Crippen LogP contribution in [0.15, 0.2) is 22.7 Å². The molecule has 0 atom stereocenters. The molecule has 1 rings (SSSR count). The van der Waals surface area contributed by atoms with Crippen molar-refractivity contribution < 1.29 is 5.11 Å². The van der Waals surface area contributed by atoms with Crippen molar-refractivity contribution in [2.75, 3.05) is 0 Å². The van der Waals surface area contributed by atoms with Crippen LogP contribution >= 0.6 is 15.9 Å². The molecule has 0 radical (unpaired) electrons. The monoisotopic (exact) mass is 244 g/mol. The Balaban J connectivity index is 3.23. The lowest BCUT2D eigenvalue weighted by atomic mass is 10.3. The van der Waals surface area contributed by atoms with E-state index in [1.807, 2.05) is 12.1 Å². The lowest BCUT2D eigenvalue weighted by Crippen LogP contribution is -2.37. The Morgan fingerprint density at radius 2 is 1.83 bits per heavy atom. The number of halogens is 1. The highest BCUT2D eigenvalue weighted by Gasteiger charge is 2.20. The van der Waals surface area contributed by atoms with Crippen LogP contribution in [0.5, 0.6) is 5.75 Å². The molecule has 0 unspecified atom stereocenters. The lowest BCUT2D eigenvalue weighted by molar-refractivity contribution is 0.479. The number of benzene rings is 1. The predicted molar refractivity (Wildman–Crippen MR) is 58.8 cm³/mol. The van der Waals surface area contributed by atoms with Gasteiger partial charge in [0.15, 0.2) is 0 Å². The molecule has 0 heterocycles. The van der Waals surface area contributed by atoms with Crippen LogP contribution in [0.4, 0.5) is 0 Å². The zero-order valence-electron chi connectivity index (χ0n) is 7.56. The topological polar surface area (TPSA) is 20.2 Å². The molecule has 1 aromatic carbocycles. The van der Waals surface area contributed by atoms with Gasteiger partial charge in [-0.1, -0.05) is 35.6 Å². The highest BCUT2D eigenvalue weighted by molar-refractivity contribution is 9.10. The maximum Gasteiger partial charge on any atom is 0.114 e. The molecule has 3 heteroatoms. The summed E-state index contributed by atoms with van der Waals surface area (Å²) in [6.07, 6.45) is 0. The molecule has 1 aromatic rings. The molecule has 1 nitrogen and oxygen atoms in total. The van der Waals surface area contributed by atoms with Gasteiger partial charge in [-0.25, -0.2) is 0 Å². The van der Waals surface area contributed by atoms with E-state index in [1.165, 1.54) is 0 Å². The number of phenols is 1. The van der Waals surface area contributed by atoms with Gasteiger partial charge >= 0.3 is 0 Å². The Hall–Kier alpha value is -0.283. The van der Waals surface area contributed by atoms with Crippen LogP contribution < -0.4 is 5.19 Å². The summed E-state index contributed by atoms with van der Waals surface area (Å²) in [4.78, 5) is 0. The second-order valence-corrected chi connectivity index (χ2v) is 9.87. The van der Waals surface area contributed by atoms with E-state index in [1.54, 1.807) is 6.07 Å². The average molecular weight is 245 g/mol. The standard InChI is InChI=1S/C9H13BrOSi/c1-12(2,3)9-6-7(10)4-5-8(9)11/h4-6,11H,1-3H3. The minimum atomic E-state index is -1.39. The summed E-state index contributed by atoms with van der Waals surface area (Å²) in [6.45, 7) is 6.65. The fourth-order valence-corrected chi connectivity index (χ4v) is 3.12. The van der Waals surface area contributed by atoms with Crippen molar-refractivity contribution in [1.29, 1.82) is 0 Å². The van der Waals surface area contributed by atoms with Crippen LogP contribution in [0.1, 0.15) is 0 Å². The van der Waals surface area contributed by atoms with E-state index in [0.717, 1.165) is 9.66 Å². The van der Waals surface area contributed by atoms with Crippen molar-refractivity contribution in [1.82, 2.24) is 0 Å². The van der Waals surface area contributed by atoms with Crippen LogP contribution in [-0.2, 0) is 0 Å². The average Bonchev–Trinajstić information content (AvgIpc) is 1.92. The van der Waals surface area contributed by atoms with Crippen LogP contribution in [0.25, 0.3) is 0 Å². The van der Waals surface area contributed by atoms with Gasteiger partial charge in [-0.15, -0.1) is 0 Å². The summed E-state index contributed by atoms with van der Waals surface area (Å²) in [5.74, 6) is 0.428. The molecule has 0 aliphatic rings. The number of phenolic OH excluding ortho intramolecular Hbond substituents is 1. The molecule has 1 N–H and O–H groups in total. The van der Waals surface area contributed by atoms with Crippen LogP contribution in [0.3, 0.4) is 0 Å². The molecule has 0 aromatic heterocycles. The first kappa shape index (κ1) is 9.80. The quantitative estimate of drug-likeness (QED) is 0.754. The van der Waals surface area contributed by atoms with E-state index in [9.17, 15) is 5.11 Å². The Morgan fingerprint density at radius 1 is 1.25 bits per heavy atom. The highest BCUT2D eigenvalue weighted by atomic mass is 79.9. The van der Waals surface area contributed by atoms with E-state index in [0.29, 0.717) is 5.75 Å². The molecule has 0 bridgehead atoms. The number of rotatable bonds is 1. The third kappa shape index (κ3) is 2.11. The summed E-state index contributed by atoms with van der Waals surface area (Å²) in [6, 6.07) is 5.62. The van der Waals surface area contributed by atoms with E-state index < -0.39 is 8.07 Å². The second kappa shape index (κ2) is 3.22. The van der Waals surface area contributed by atoms with Gasteiger partial charge in [0.25, 0.3) is 0 Å². The van der Waals surface area contributed by atoms with Crippen molar-refractivity contribution in [3.63, 3.8) is 0 Å². The predicted octanol–water partition coefficient (Wildman–Crippen LogP) is 2.70. The van der Waals surface area contributed by atoms with Crippen molar-refractivity contribution in [2.24, 2.45) is 0 Å². The second-order valence-electron chi connectivity index (χ2n) is 3.91. The summed E-state index contributed by atoms with van der Waals surface area (Å²) >= 11 is 3.40. The first-order chi connectivity index (χ1) is 5.41. The van der Waals surface area contributed by atoms with E-state index >= 15 is 0 Å². The highest BCUT2D eigenvalue weighted by Crippen LogP contribution is 2.17. The van der Waals surface area contributed by atoms with Gasteiger partial charge in [0.2, 0.25) is 0 Å². The third-order valence-electron chi connectivity index (χ3n) is 1.77. The van der Waals surface area contributed by atoms with Gasteiger partial charge in [0.1, 0.15) is 5.75 Å². The largest absolute Gasteiger partial charge is 0.508 e. The third-order valence-corrected chi connectivity index (χ3v) is 4.28. The minimum Gasteiger partial charge on any atom is -0.508 e. The molecule has 0 aliphatic carbocycles. The summed E-state index contributed by atoms with van der Waals surface area (Å²) in [7, 11) is -1.39. The fourth-order valence-electron chi connectivity index (χ4n) is 1.11. The molecule has 0 amide bonds. The van der Waals surface area contributed by atoms with Gasteiger partial charge in [-0.2, -0.15) is 0 Å². The van der Waals surface area contributed by atoms with Crippen LogP contribution in [0.2, 0.25) is 19.6 Å². The van der Waals surface area contributed by atoms with Gasteiger partial charge < -0.3 is 5.11 Å². The van der Waals surface area contributed by atoms with Crippen molar-refractivity contribution in [3.05, 3.63) is 22.7 Å². The van der Waals surface area contributed by atoms with Gasteiger partial charge in [-0.3, -0.25) is 0 Å². The van der Waals surface area contributed by atoms with Gasteiger partial charge in [0, 0.05) is 4.47 Å². The summed E-state index contributed by atoms with van der Waals surface area (Å²) in [5, 5.41) is 10.7. The van der Waals surface area contributed by atoms with E-state index in [4.69, 9.17) is 0 Å². The normalized spacial score (nSPS) is 11.7. The molecule has 0 fully saturated rings.